The van der Waals surface area contributed by atoms with E-state index >= 15 is 0 Å². The van der Waals surface area contributed by atoms with E-state index in [1.54, 1.807) is 31.3 Å². The fourth-order valence-corrected chi connectivity index (χ4v) is 5.81. The number of ether oxygens (including phenoxy) is 1. The molecule has 0 amide bonds. The molecular formula is C27H35ClN3O7PS. The van der Waals surface area contributed by atoms with Crippen LogP contribution in [0.15, 0.2) is 53.6 Å². The van der Waals surface area contributed by atoms with Gasteiger partial charge >= 0.3 is 7.82 Å². The zero-order chi connectivity index (χ0) is 28.2. The summed E-state index contributed by atoms with van der Waals surface area (Å²) in [5.41, 5.74) is 2.93. The molecular weight excluding hydrogens is 577 g/mol. The second-order valence-corrected chi connectivity index (χ2v) is 12.9. The number of phosphoric acid groups is 1. The first-order chi connectivity index (χ1) is 18.5. The Morgan fingerprint density at radius 3 is 2.58 bits per heavy atom. The third-order valence-electron chi connectivity index (χ3n) is 6.41. The largest absolute Gasteiger partial charge is 0.491 e. The molecule has 218 valence electrons. The van der Waals surface area contributed by atoms with Gasteiger partial charge in [-0.2, -0.15) is 0 Å². The topological polar surface area (TPSA) is 142 Å². The lowest BCUT2D eigenvalue weighted by molar-refractivity contribution is 0.159. The number of sulfone groups is 1. The number of aromatic amines is 1. The number of rotatable bonds is 13. The van der Waals surface area contributed by atoms with Crippen molar-refractivity contribution < 1.29 is 32.0 Å². The zero-order valence-electron chi connectivity index (χ0n) is 21.6. The average molecular weight is 612 g/mol. The summed E-state index contributed by atoms with van der Waals surface area (Å²) in [5, 5.41) is 2.10. The predicted molar refractivity (Wildman–Crippen MR) is 159 cm³/mol. The molecule has 4 aromatic rings. The number of fused-ring (bicyclic) bond motifs is 3. The van der Waals surface area contributed by atoms with Crippen molar-refractivity contribution in [3.63, 3.8) is 0 Å². The molecule has 0 saturated heterocycles. The molecule has 13 heteroatoms. The Bertz CT molecular complexity index is 1620. The lowest BCUT2D eigenvalue weighted by Gasteiger charge is -2.20. The normalized spacial score (nSPS) is 12.2. The van der Waals surface area contributed by atoms with Crippen LogP contribution >= 0.6 is 19.4 Å². The Morgan fingerprint density at radius 2 is 1.88 bits per heavy atom. The molecule has 0 radical (unpaired) electrons. The summed E-state index contributed by atoms with van der Waals surface area (Å²) >= 11 is 6.28. The second-order valence-electron chi connectivity index (χ2n) is 8.93. The van der Waals surface area contributed by atoms with E-state index in [0.717, 1.165) is 27.4 Å². The van der Waals surface area contributed by atoms with E-state index in [0.29, 0.717) is 49.1 Å². The van der Waals surface area contributed by atoms with E-state index in [9.17, 15) is 13.0 Å². The van der Waals surface area contributed by atoms with E-state index in [1.165, 1.54) is 0 Å². The van der Waals surface area contributed by atoms with E-state index in [-0.39, 0.29) is 24.7 Å². The highest BCUT2D eigenvalue weighted by molar-refractivity contribution is 7.91. The molecule has 2 aromatic heterocycles. The molecule has 0 bridgehead atoms. The molecule has 0 aliphatic rings. The van der Waals surface area contributed by atoms with E-state index in [2.05, 4.69) is 14.5 Å². The fraction of sp³-hybridized carbons (Fsp3) is 0.370. The van der Waals surface area contributed by atoms with E-state index in [4.69, 9.17) is 26.1 Å². The van der Waals surface area contributed by atoms with Crippen LogP contribution in [-0.4, -0.2) is 71.7 Å². The first-order valence-corrected chi connectivity index (χ1v) is 16.1. The van der Waals surface area contributed by atoms with Gasteiger partial charge in [-0.15, -0.1) is 0 Å². The first-order valence-electron chi connectivity index (χ1n) is 12.5. The lowest BCUT2D eigenvalue weighted by atomic mass is 9.99. The highest BCUT2D eigenvalue weighted by Crippen LogP contribution is 2.40. The quantitative estimate of drug-likeness (QED) is 0.129. The Hall–Kier alpha value is -2.50. The Labute approximate surface area is 239 Å². The summed E-state index contributed by atoms with van der Waals surface area (Å²) in [7, 11) is -7.86. The Morgan fingerprint density at radius 1 is 1.10 bits per heavy atom. The van der Waals surface area contributed by atoms with Gasteiger partial charge in [-0.1, -0.05) is 45.0 Å². The standard InChI is InChI=1S/C26H31ClN3O7PS.CH4/c1-3-30(12-14-37-38(31,32)33)11-6-13-36-23-10-9-21(18-7-5-8-20(15-18)39(34,35)4-2)24-22-16-19(27)17-28-26(22)29-25(23)24;/h5,7-10,15-17H,3-4,6,11-14H2,1-2H3,(H,28,29)(H2,31,32,33);1H4. The number of aromatic nitrogens is 2. The number of phosphoric ester groups is 1. The molecule has 2 aromatic carbocycles. The van der Waals surface area contributed by atoms with Crippen molar-refractivity contribution in [2.75, 3.05) is 38.6 Å². The number of nitrogens with one attached hydrogen (secondary N) is 1. The highest BCUT2D eigenvalue weighted by atomic mass is 35.5. The van der Waals surface area contributed by atoms with Crippen LogP contribution in [0.1, 0.15) is 27.7 Å². The van der Waals surface area contributed by atoms with E-state index in [1.807, 2.05) is 36.1 Å². The maximum absolute atomic E-state index is 12.5. The van der Waals surface area contributed by atoms with Gasteiger partial charge in [0.2, 0.25) is 0 Å². The van der Waals surface area contributed by atoms with Gasteiger partial charge in [0.1, 0.15) is 11.4 Å². The van der Waals surface area contributed by atoms with Crippen LogP contribution in [0.3, 0.4) is 0 Å². The monoisotopic (exact) mass is 611 g/mol. The zero-order valence-corrected chi connectivity index (χ0v) is 24.1. The molecule has 0 aliphatic carbocycles. The van der Waals surface area contributed by atoms with Gasteiger partial charge in [-0.25, -0.2) is 18.0 Å². The number of halogens is 1. The average Bonchev–Trinajstić information content (AvgIpc) is 3.28. The van der Waals surface area contributed by atoms with Crippen molar-refractivity contribution in [1.29, 1.82) is 0 Å². The summed E-state index contributed by atoms with van der Waals surface area (Å²) < 4.78 is 46.6. The van der Waals surface area contributed by atoms with Gasteiger partial charge in [0.25, 0.3) is 0 Å². The summed E-state index contributed by atoms with van der Waals surface area (Å²) in [6.45, 7) is 5.67. The van der Waals surface area contributed by atoms with Crippen LogP contribution in [0.5, 0.6) is 5.75 Å². The summed E-state index contributed by atoms with van der Waals surface area (Å²) in [6, 6.07) is 12.5. The molecule has 0 unspecified atom stereocenters. The smallest absolute Gasteiger partial charge is 0.469 e. The maximum Gasteiger partial charge on any atom is 0.469 e. The number of benzene rings is 2. The second kappa shape index (κ2) is 13.4. The van der Waals surface area contributed by atoms with Gasteiger partial charge in [0.05, 0.1) is 34.4 Å². The van der Waals surface area contributed by atoms with Crippen LogP contribution < -0.4 is 4.74 Å². The number of nitrogens with zero attached hydrogens (tertiary/aromatic N) is 2. The minimum atomic E-state index is -4.48. The molecule has 0 spiro atoms. The van der Waals surface area contributed by atoms with Gasteiger partial charge in [-0.3, -0.25) is 4.52 Å². The summed E-state index contributed by atoms with van der Waals surface area (Å²) in [4.78, 5) is 27.8. The predicted octanol–water partition coefficient (Wildman–Crippen LogP) is 5.67. The van der Waals surface area contributed by atoms with Crippen molar-refractivity contribution >= 4 is 51.2 Å². The lowest BCUT2D eigenvalue weighted by Crippen LogP contribution is -2.29. The van der Waals surface area contributed by atoms with Crippen molar-refractivity contribution in [3.05, 3.63) is 53.7 Å². The van der Waals surface area contributed by atoms with Crippen molar-refractivity contribution in [2.24, 2.45) is 0 Å². The summed E-state index contributed by atoms with van der Waals surface area (Å²) in [6.07, 6.45) is 2.23. The summed E-state index contributed by atoms with van der Waals surface area (Å²) in [5.74, 6) is 0.630. The molecule has 0 atom stereocenters. The first kappa shape index (κ1) is 32.0. The third-order valence-corrected chi connectivity index (χ3v) is 8.87. The van der Waals surface area contributed by atoms with Crippen LogP contribution in [0.4, 0.5) is 0 Å². The number of H-pyrrole nitrogens is 1. The molecule has 3 N–H and O–H groups in total. The van der Waals surface area contributed by atoms with Gasteiger partial charge < -0.3 is 24.4 Å². The minimum Gasteiger partial charge on any atom is -0.491 e. The third kappa shape index (κ3) is 7.61. The van der Waals surface area contributed by atoms with Gasteiger partial charge in [0.15, 0.2) is 9.84 Å². The van der Waals surface area contributed by atoms with Crippen molar-refractivity contribution in [1.82, 2.24) is 14.9 Å². The van der Waals surface area contributed by atoms with Crippen LogP contribution in [0.2, 0.25) is 5.02 Å². The van der Waals surface area contributed by atoms with Crippen molar-refractivity contribution in [2.45, 2.75) is 32.6 Å². The Balaban J connectivity index is 0.00000441. The molecule has 0 aliphatic heterocycles. The SMILES string of the molecule is C.CCN(CCCOc1ccc(-c2cccc(S(=O)(=O)CC)c2)c2c1[nH]c1ncc(Cl)cc12)CCOP(=O)(O)O. The van der Waals surface area contributed by atoms with Gasteiger partial charge in [0, 0.05) is 30.1 Å². The highest BCUT2D eigenvalue weighted by Gasteiger charge is 2.19. The van der Waals surface area contributed by atoms with Crippen LogP contribution in [-0.2, 0) is 18.9 Å². The molecule has 0 fully saturated rings. The number of hydrogen-bond donors (Lipinski definition) is 3. The maximum atomic E-state index is 12.5. The Kier molecular flexibility index (Phi) is 10.8. The van der Waals surface area contributed by atoms with Crippen molar-refractivity contribution in [3.8, 4) is 16.9 Å². The van der Waals surface area contributed by atoms with Crippen LogP contribution in [0, 0.1) is 0 Å². The van der Waals surface area contributed by atoms with Crippen LogP contribution in [0.25, 0.3) is 33.1 Å². The molecule has 0 saturated carbocycles. The number of likely N-dealkylation sites (N-methyl/N-ethyl adjacent to an activating group) is 1. The van der Waals surface area contributed by atoms with Gasteiger partial charge in [-0.05, 0) is 54.4 Å². The molecule has 2 heterocycles. The van der Waals surface area contributed by atoms with E-state index < -0.39 is 17.7 Å². The molecule has 40 heavy (non-hydrogen) atoms. The minimum absolute atomic E-state index is 0. The fourth-order valence-electron chi connectivity index (χ4n) is 4.41. The molecule has 4 rings (SSSR count). The number of pyridine rings is 1. The molecule has 10 nitrogen and oxygen atoms in total. The number of hydrogen-bond acceptors (Lipinski definition) is 7.